The predicted molar refractivity (Wildman–Crippen MR) is 98.8 cm³/mol. The molecule has 0 N–H and O–H groups in total. The van der Waals surface area contributed by atoms with E-state index in [0.717, 1.165) is 26.2 Å². The van der Waals surface area contributed by atoms with Gasteiger partial charge in [0.25, 0.3) is 0 Å². The summed E-state index contributed by atoms with van der Waals surface area (Å²) in [5.74, 6) is 0.661. The van der Waals surface area contributed by atoms with Crippen LogP contribution in [-0.4, -0.2) is 51.3 Å². The summed E-state index contributed by atoms with van der Waals surface area (Å²) in [5, 5.41) is 1.72. The molecule has 0 unspecified atom stereocenters. The molecule has 1 aromatic carbocycles. The van der Waals surface area contributed by atoms with Gasteiger partial charge in [-0.2, -0.15) is 27.4 Å². The van der Waals surface area contributed by atoms with E-state index in [9.17, 15) is 0 Å². The quantitative estimate of drug-likeness (QED) is 0.216. The molecule has 0 aliphatic rings. The van der Waals surface area contributed by atoms with Crippen molar-refractivity contribution in [3.8, 4) is 0 Å². The third kappa shape index (κ3) is 7.91. The fraction of sp³-hybridized carbons (Fsp3) is 0.722. The van der Waals surface area contributed by atoms with Gasteiger partial charge in [0, 0.05) is 15.3 Å². The average Bonchev–Trinajstić information content (AvgIpc) is 2.67. The minimum Gasteiger partial charge on any atom is -1.00 e. The first kappa shape index (κ1) is 33.6. The Hall–Kier alpha value is 1.07. The standard InChI is InChI=1S/C18H35N2Si.3ClH.Ti/c1-9-19(10-2)18(20(11-3)12-4)21-17-15(7)13(5)14(6)16(17)8;;;;/h18H,9-12,21H2,1-8H3;3*1H;/q-1;;;;+4/p-3. The van der Waals surface area contributed by atoms with E-state index < -0.39 is 0 Å². The van der Waals surface area contributed by atoms with Crippen molar-refractivity contribution in [2.75, 3.05) is 26.2 Å². The van der Waals surface area contributed by atoms with Crippen LogP contribution in [0.5, 0.6) is 0 Å². The van der Waals surface area contributed by atoms with Gasteiger partial charge in [0.15, 0.2) is 0 Å². The predicted octanol–water partition coefficient (Wildman–Crippen LogP) is -6.59. The molecule has 0 heterocycles. The van der Waals surface area contributed by atoms with E-state index in [1.807, 2.05) is 0 Å². The van der Waals surface area contributed by atoms with Crippen LogP contribution >= 0.6 is 0 Å². The van der Waals surface area contributed by atoms with Crippen LogP contribution in [0, 0.1) is 27.7 Å². The van der Waals surface area contributed by atoms with Crippen LogP contribution in [0.3, 0.4) is 0 Å². The normalized spacial score (nSPS) is 10.7. The molecular formula is C18H35Cl3N2SiTi. The van der Waals surface area contributed by atoms with Crippen molar-refractivity contribution in [3.05, 3.63) is 22.3 Å². The Morgan fingerprint density at radius 1 is 0.720 bits per heavy atom. The minimum absolute atomic E-state index is 0. The van der Waals surface area contributed by atoms with Gasteiger partial charge in [0.1, 0.15) is 0 Å². The van der Waals surface area contributed by atoms with E-state index in [4.69, 9.17) is 0 Å². The molecule has 0 aromatic heterocycles. The molecule has 25 heavy (non-hydrogen) atoms. The maximum absolute atomic E-state index is 2.66. The van der Waals surface area contributed by atoms with Crippen LogP contribution in [0.4, 0.5) is 0 Å². The van der Waals surface area contributed by atoms with Crippen LogP contribution < -0.4 is 42.4 Å². The molecule has 1 aromatic rings. The number of rotatable bonds is 8. The third-order valence-corrected chi connectivity index (χ3v) is 8.31. The molecule has 0 radical (unpaired) electrons. The monoisotopic (exact) mass is 460 g/mol. The fourth-order valence-corrected chi connectivity index (χ4v) is 6.62. The Balaban J connectivity index is -0.000000551. The molecule has 2 nitrogen and oxygen atoms in total. The fourth-order valence-electron chi connectivity index (χ4n) is 3.56. The van der Waals surface area contributed by atoms with E-state index in [1.54, 1.807) is 16.3 Å². The Bertz CT molecular complexity index is 424. The second kappa shape index (κ2) is 16.1. The summed E-state index contributed by atoms with van der Waals surface area (Å²) in [6.07, 6.45) is 0. The summed E-state index contributed by atoms with van der Waals surface area (Å²) in [6, 6.07) is 0. The minimum atomic E-state index is -0.343. The van der Waals surface area contributed by atoms with Gasteiger partial charge in [-0.15, -0.1) is 0 Å². The number of hydrogen-bond donors (Lipinski definition) is 0. The van der Waals surface area contributed by atoms with Crippen LogP contribution in [0.1, 0.15) is 49.9 Å². The van der Waals surface area contributed by atoms with E-state index in [2.05, 4.69) is 65.2 Å². The number of nitrogens with zero attached hydrogens (tertiary/aromatic N) is 2. The van der Waals surface area contributed by atoms with Gasteiger partial charge in [-0.25, -0.2) is 0 Å². The van der Waals surface area contributed by atoms with Crippen molar-refractivity contribution in [1.82, 2.24) is 9.80 Å². The van der Waals surface area contributed by atoms with E-state index in [0.29, 0.717) is 5.79 Å². The molecule has 0 saturated carbocycles. The van der Waals surface area contributed by atoms with E-state index in [-0.39, 0.29) is 68.5 Å². The van der Waals surface area contributed by atoms with E-state index in [1.165, 1.54) is 11.1 Å². The van der Waals surface area contributed by atoms with Gasteiger partial charge < -0.3 is 37.2 Å². The molecule has 1 rings (SSSR count). The van der Waals surface area contributed by atoms with Gasteiger partial charge in [0.05, 0.1) is 0 Å². The van der Waals surface area contributed by atoms with Crippen molar-refractivity contribution < 1.29 is 58.9 Å². The Labute approximate surface area is 192 Å². The number of hydrogen-bond acceptors (Lipinski definition) is 2. The first-order valence-corrected chi connectivity index (χ1v) is 10.1. The Morgan fingerprint density at radius 3 is 1.24 bits per heavy atom. The summed E-state index contributed by atoms with van der Waals surface area (Å²) in [4.78, 5) is 5.32. The van der Waals surface area contributed by atoms with Crippen molar-refractivity contribution in [2.24, 2.45) is 0 Å². The zero-order valence-electron chi connectivity index (χ0n) is 17.1. The number of halogens is 3. The largest absolute Gasteiger partial charge is 4.00 e. The molecule has 0 bridgehead atoms. The third-order valence-electron chi connectivity index (χ3n) is 5.45. The molecule has 0 fully saturated rings. The van der Waals surface area contributed by atoms with Crippen LogP contribution in [0.15, 0.2) is 0 Å². The smallest absolute Gasteiger partial charge is 1.00 e. The van der Waals surface area contributed by atoms with Crippen LogP contribution in [0.2, 0.25) is 0 Å². The van der Waals surface area contributed by atoms with Gasteiger partial charge in [-0.3, -0.25) is 9.80 Å². The maximum atomic E-state index is 2.66. The van der Waals surface area contributed by atoms with Crippen molar-refractivity contribution in [2.45, 2.75) is 61.2 Å². The summed E-state index contributed by atoms with van der Waals surface area (Å²) >= 11 is 0. The topological polar surface area (TPSA) is 6.48 Å². The van der Waals surface area contributed by atoms with Crippen LogP contribution in [-0.2, 0) is 21.7 Å². The molecule has 0 amide bonds. The first-order valence-electron chi connectivity index (χ1n) is 8.62. The van der Waals surface area contributed by atoms with Gasteiger partial charge in [-0.05, 0) is 26.2 Å². The van der Waals surface area contributed by atoms with Gasteiger partial charge >= 0.3 is 21.7 Å². The van der Waals surface area contributed by atoms with Crippen molar-refractivity contribution >= 4 is 14.7 Å². The zero-order chi connectivity index (χ0) is 16.2. The molecule has 7 heteroatoms. The molecule has 0 spiro atoms. The SMILES string of the molecule is CCN(CC)C([SiH2][c-]1c(C)c(C)c(C)c1C)N(CC)CC.[Cl-].[Cl-].[Cl-].[Ti+4]. The molecule has 0 atom stereocenters. The van der Waals surface area contributed by atoms with Crippen LogP contribution in [0.25, 0.3) is 0 Å². The second-order valence-electron chi connectivity index (χ2n) is 6.11. The molecule has 0 aliphatic carbocycles. The zero-order valence-corrected chi connectivity index (χ0v) is 22.4. The summed E-state index contributed by atoms with van der Waals surface area (Å²) in [6.45, 7) is 23.1. The molecule has 0 aliphatic heterocycles. The second-order valence-corrected chi connectivity index (χ2v) is 7.95. The van der Waals surface area contributed by atoms with Crippen molar-refractivity contribution in [1.29, 1.82) is 0 Å². The molecular weight excluding hydrogens is 427 g/mol. The summed E-state index contributed by atoms with van der Waals surface area (Å²) in [5.41, 5.74) is 6.18. The first-order chi connectivity index (χ1) is 9.92. The van der Waals surface area contributed by atoms with Gasteiger partial charge in [0.2, 0.25) is 0 Å². The Morgan fingerprint density at radius 2 is 1.00 bits per heavy atom. The summed E-state index contributed by atoms with van der Waals surface area (Å²) in [7, 11) is -0.343. The Kier molecular flexibility index (Phi) is 21.6. The van der Waals surface area contributed by atoms with E-state index >= 15 is 0 Å². The maximum Gasteiger partial charge on any atom is 4.00 e. The average molecular weight is 462 g/mol. The van der Waals surface area contributed by atoms with Gasteiger partial charge in [-0.1, -0.05) is 55.4 Å². The summed E-state index contributed by atoms with van der Waals surface area (Å²) < 4.78 is 0. The molecule has 0 saturated heterocycles. The van der Waals surface area contributed by atoms with Crippen molar-refractivity contribution in [3.63, 3.8) is 0 Å². The molecule has 146 valence electrons.